The van der Waals surface area contributed by atoms with E-state index < -0.39 is 0 Å². The molecule has 0 radical (unpaired) electrons. The van der Waals surface area contributed by atoms with Crippen molar-refractivity contribution in [1.82, 2.24) is 0 Å². The molecule has 0 aliphatic rings. The van der Waals surface area contributed by atoms with Gasteiger partial charge in [-0.2, -0.15) is 5.10 Å². The molecule has 3 rings (SSSR count). The predicted molar refractivity (Wildman–Crippen MR) is 106 cm³/mol. The molecule has 0 heterocycles. The highest BCUT2D eigenvalue weighted by Gasteiger charge is 2.08. The Balaban J connectivity index is 2.01. The van der Waals surface area contributed by atoms with Crippen molar-refractivity contribution in [1.29, 1.82) is 0 Å². The van der Waals surface area contributed by atoms with Crippen molar-refractivity contribution in [3.8, 4) is 0 Å². The molecule has 0 aliphatic heterocycles. The highest BCUT2D eigenvalue weighted by atomic mass is 79.9. The zero-order valence-corrected chi connectivity index (χ0v) is 15.3. The normalized spacial score (nSPS) is 11.4. The van der Waals surface area contributed by atoms with Crippen LogP contribution in [0.25, 0.3) is 0 Å². The van der Waals surface area contributed by atoms with Crippen molar-refractivity contribution in [3.05, 3.63) is 99.5 Å². The van der Waals surface area contributed by atoms with Crippen molar-refractivity contribution < 1.29 is 0 Å². The van der Waals surface area contributed by atoms with Crippen molar-refractivity contribution >= 4 is 27.3 Å². The number of hydrogen-bond donors (Lipinski definition) is 1. The lowest BCUT2D eigenvalue weighted by atomic mass is 10.0. The summed E-state index contributed by atoms with van der Waals surface area (Å²) in [6.07, 6.45) is 0. The first-order valence-electron chi connectivity index (χ1n) is 7.86. The van der Waals surface area contributed by atoms with Gasteiger partial charge in [-0.05, 0) is 43.2 Å². The second-order valence-electron chi connectivity index (χ2n) is 5.69. The number of nitrogens with one attached hydrogen (secondary N) is 1. The molecule has 0 atom stereocenters. The number of benzene rings is 3. The minimum Gasteiger partial charge on any atom is -0.278 e. The average Bonchev–Trinajstić information content (AvgIpc) is 2.61. The summed E-state index contributed by atoms with van der Waals surface area (Å²) in [6, 6.07) is 24.6. The summed E-state index contributed by atoms with van der Waals surface area (Å²) in [7, 11) is 0. The lowest BCUT2D eigenvalue weighted by Gasteiger charge is -2.11. The van der Waals surface area contributed by atoms with Gasteiger partial charge in [-0.1, -0.05) is 70.5 Å². The van der Waals surface area contributed by atoms with Crippen molar-refractivity contribution in [2.24, 2.45) is 5.10 Å². The molecular formula is C21H19BrN2. The quantitative estimate of drug-likeness (QED) is 0.441. The third-order valence-corrected chi connectivity index (χ3v) is 4.59. The van der Waals surface area contributed by atoms with E-state index in [1.165, 1.54) is 11.1 Å². The van der Waals surface area contributed by atoms with Crippen LogP contribution < -0.4 is 5.43 Å². The molecule has 3 heteroatoms. The molecule has 0 aliphatic carbocycles. The lowest BCUT2D eigenvalue weighted by molar-refractivity contribution is 1.26. The first-order valence-corrected chi connectivity index (χ1v) is 8.66. The highest BCUT2D eigenvalue weighted by Crippen LogP contribution is 2.20. The van der Waals surface area contributed by atoms with Crippen LogP contribution >= 0.6 is 15.9 Å². The smallest absolute Gasteiger partial charge is 0.0977 e. The van der Waals surface area contributed by atoms with Crippen LogP contribution in [0.5, 0.6) is 0 Å². The summed E-state index contributed by atoms with van der Waals surface area (Å²) in [4.78, 5) is 0. The lowest BCUT2D eigenvalue weighted by Crippen LogP contribution is -2.07. The van der Waals surface area contributed by atoms with E-state index in [9.17, 15) is 0 Å². The maximum Gasteiger partial charge on any atom is 0.0977 e. The molecule has 0 spiro atoms. The van der Waals surface area contributed by atoms with Gasteiger partial charge in [0.2, 0.25) is 0 Å². The number of aryl methyl sites for hydroxylation is 1. The van der Waals surface area contributed by atoms with Gasteiger partial charge in [0.1, 0.15) is 0 Å². The number of hydrazone groups is 1. The van der Waals surface area contributed by atoms with Crippen molar-refractivity contribution in [3.63, 3.8) is 0 Å². The zero-order chi connectivity index (χ0) is 16.9. The Morgan fingerprint density at radius 2 is 1.46 bits per heavy atom. The van der Waals surface area contributed by atoms with Crippen molar-refractivity contribution in [2.45, 2.75) is 13.8 Å². The van der Waals surface area contributed by atoms with Crippen LogP contribution in [0.4, 0.5) is 5.69 Å². The van der Waals surface area contributed by atoms with Gasteiger partial charge in [-0.3, -0.25) is 5.43 Å². The maximum atomic E-state index is 4.72. The summed E-state index contributed by atoms with van der Waals surface area (Å²) in [5.74, 6) is 0. The fourth-order valence-corrected chi connectivity index (χ4v) is 2.75. The van der Waals surface area contributed by atoms with Crippen LogP contribution in [-0.2, 0) is 0 Å². The predicted octanol–water partition coefficient (Wildman–Crippen LogP) is 5.93. The number of rotatable bonds is 4. The third-order valence-electron chi connectivity index (χ3n) is 4.06. The van der Waals surface area contributed by atoms with Gasteiger partial charge in [0.15, 0.2) is 0 Å². The second-order valence-corrected chi connectivity index (χ2v) is 6.61. The molecule has 24 heavy (non-hydrogen) atoms. The Morgan fingerprint density at radius 3 is 2.17 bits per heavy atom. The van der Waals surface area contributed by atoms with Gasteiger partial charge < -0.3 is 0 Å². The first kappa shape index (κ1) is 16.5. The average molecular weight is 379 g/mol. The number of halogens is 1. The van der Waals surface area contributed by atoms with Crippen LogP contribution in [0.2, 0.25) is 0 Å². The molecule has 120 valence electrons. The van der Waals surface area contributed by atoms with Gasteiger partial charge in [0.05, 0.1) is 11.4 Å². The monoisotopic (exact) mass is 378 g/mol. The van der Waals surface area contributed by atoms with E-state index in [-0.39, 0.29) is 0 Å². The Kier molecular flexibility index (Phi) is 5.11. The van der Waals surface area contributed by atoms with Gasteiger partial charge in [0, 0.05) is 15.6 Å². The molecule has 3 aromatic carbocycles. The van der Waals surface area contributed by atoms with E-state index in [0.717, 1.165) is 27.0 Å². The molecule has 1 N–H and O–H groups in total. The fourth-order valence-electron chi connectivity index (χ4n) is 2.49. The topological polar surface area (TPSA) is 24.4 Å². The Hall–Kier alpha value is -2.39. The summed E-state index contributed by atoms with van der Waals surface area (Å²) < 4.78 is 1.06. The molecule has 0 saturated heterocycles. The summed E-state index contributed by atoms with van der Waals surface area (Å²) in [5.41, 5.74) is 9.81. The van der Waals surface area contributed by atoms with Gasteiger partial charge >= 0.3 is 0 Å². The van der Waals surface area contributed by atoms with E-state index in [0.29, 0.717) is 0 Å². The Labute approximate surface area is 151 Å². The summed E-state index contributed by atoms with van der Waals surface area (Å²) >= 11 is 3.49. The zero-order valence-electron chi connectivity index (χ0n) is 13.8. The van der Waals surface area contributed by atoms with Crippen LogP contribution in [-0.4, -0.2) is 5.71 Å². The fraction of sp³-hybridized carbons (Fsp3) is 0.0952. The minimum absolute atomic E-state index is 0.920. The van der Waals surface area contributed by atoms with Crippen LogP contribution in [0.3, 0.4) is 0 Å². The van der Waals surface area contributed by atoms with Gasteiger partial charge in [-0.15, -0.1) is 0 Å². The molecule has 0 amide bonds. The molecular weight excluding hydrogens is 360 g/mol. The van der Waals surface area contributed by atoms with E-state index in [2.05, 4.69) is 71.6 Å². The molecule has 2 nitrogen and oxygen atoms in total. The Morgan fingerprint density at radius 1 is 0.792 bits per heavy atom. The number of nitrogens with zero attached hydrogens (tertiary/aromatic N) is 1. The second kappa shape index (κ2) is 7.45. The largest absolute Gasteiger partial charge is 0.278 e. The van der Waals surface area contributed by atoms with E-state index in [4.69, 9.17) is 5.10 Å². The van der Waals surface area contributed by atoms with Crippen LogP contribution in [0.1, 0.15) is 22.3 Å². The minimum atomic E-state index is 0.920. The van der Waals surface area contributed by atoms with E-state index in [1.807, 2.05) is 36.4 Å². The molecule has 0 saturated carbocycles. The van der Waals surface area contributed by atoms with Gasteiger partial charge in [0.25, 0.3) is 0 Å². The molecule has 0 unspecified atom stereocenters. The SMILES string of the molecule is Cc1cccc(N/N=C(/c2ccccc2)c2ccc(Br)cc2)c1C. The number of anilines is 1. The molecule has 0 aromatic heterocycles. The molecule has 0 fully saturated rings. The molecule has 0 bridgehead atoms. The highest BCUT2D eigenvalue weighted by molar-refractivity contribution is 9.10. The van der Waals surface area contributed by atoms with E-state index in [1.54, 1.807) is 0 Å². The van der Waals surface area contributed by atoms with Crippen LogP contribution in [0, 0.1) is 13.8 Å². The molecule has 3 aromatic rings. The Bertz CT molecular complexity index is 853. The summed E-state index contributed by atoms with van der Waals surface area (Å²) in [5, 5.41) is 4.72. The summed E-state index contributed by atoms with van der Waals surface area (Å²) in [6.45, 7) is 4.21. The van der Waals surface area contributed by atoms with E-state index >= 15 is 0 Å². The standard InChI is InChI=1S/C21H19BrN2/c1-15-7-6-10-20(16(15)2)23-24-21(17-8-4-3-5-9-17)18-11-13-19(22)14-12-18/h3-14,23H,1-2H3/b24-21-. The third kappa shape index (κ3) is 3.74. The number of hydrogen-bond acceptors (Lipinski definition) is 2. The first-order chi connectivity index (χ1) is 11.6. The van der Waals surface area contributed by atoms with Crippen LogP contribution in [0.15, 0.2) is 82.4 Å². The maximum absolute atomic E-state index is 4.72. The van der Waals surface area contributed by atoms with Gasteiger partial charge in [-0.25, -0.2) is 0 Å². The van der Waals surface area contributed by atoms with Crippen molar-refractivity contribution in [2.75, 3.05) is 5.43 Å².